The smallest absolute Gasteiger partial charge is 0.130 e. The van der Waals surface area contributed by atoms with Gasteiger partial charge in [-0.05, 0) is 25.3 Å². The summed E-state index contributed by atoms with van der Waals surface area (Å²) in [6.07, 6.45) is 3.03. The van der Waals surface area contributed by atoms with Gasteiger partial charge in [-0.25, -0.2) is 4.98 Å². The second-order valence-electron chi connectivity index (χ2n) is 4.03. The Kier molecular flexibility index (Phi) is 4.36. The van der Waals surface area contributed by atoms with Gasteiger partial charge in [0.1, 0.15) is 5.15 Å². The molecule has 88 valence electrons. The minimum Gasteiger partial charge on any atom is -0.298 e. The number of thioether (sulfide) groups is 1. The molecular weight excluding hydrogens is 263 g/mol. The normalized spacial score (nSPS) is 20.6. The van der Waals surface area contributed by atoms with E-state index in [-0.39, 0.29) is 0 Å². The van der Waals surface area contributed by atoms with Crippen molar-refractivity contribution >= 4 is 35.0 Å². The Balaban J connectivity index is 2.02. The minimum absolute atomic E-state index is 0.452. The molecular formula is C11H14Cl2N2S. The van der Waals surface area contributed by atoms with Gasteiger partial charge in [-0.3, -0.25) is 4.90 Å². The molecule has 0 N–H and O–H groups in total. The first kappa shape index (κ1) is 12.5. The van der Waals surface area contributed by atoms with Crippen LogP contribution in [0.5, 0.6) is 0 Å². The molecule has 0 amide bonds. The summed E-state index contributed by atoms with van der Waals surface area (Å²) in [6.45, 7) is 0.841. The van der Waals surface area contributed by atoms with E-state index in [1.54, 1.807) is 12.3 Å². The first-order valence-electron chi connectivity index (χ1n) is 5.24. The van der Waals surface area contributed by atoms with E-state index < -0.39 is 0 Å². The molecule has 1 aromatic rings. The molecule has 0 spiro atoms. The summed E-state index contributed by atoms with van der Waals surface area (Å²) < 4.78 is 0. The summed E-state index contributed by atoms with van der Waals surface area (Å²) in [5, 5.41) is 1.16. The van der Waals surface area contributed by atoms with E-state index in [2.05, 4.69) is 16.9 Å². The summed E-state index contributed by atoms with van der Waals surface area (Å²) >= 11 is 13.9. The quantitative estimate of drug-likeness (QED) is 0.788. The summed E-state index contributed by atoms with van der Waals surface area (Å²) in [6, 6.07) is 2.37. The van der Waals surface area contributed by atoms with Gasteiger partial charge >= 0.3 is 0 Å². The van der Waals surface area contributed by atoms with Crippen LogP contribution in [-0.4, -0.2) is 34.5 Å². The number of hydrogen-bond acceptors (Lipinski definition) is 3. The monoisotopic (exact) mass is 276 g/mol. The molecule has 1 aromatic heterocycles. The van der Waals surface area contributed by atoms with Crippen LogP contribution in [0.15, 0.2) is 12.3 Å². The number of nitrogens with zero attached hydrogens (tertiary/aromatic N) is 2. The van der Waals surface area contributed by atoms with Gasteiger partial charge in [0, 0.05) is 35.1 Å². The van der Waals surface area contributed by atoms with Gasteiger partial charge in [0.05, 0.1) is 0 Å². The fourth-order valence-corrected chi connectivity index (χ4v) is 3.54. The van der Waals surface area contributed by atoms with Gasteiger partial charge in [0.2, 0.25) is 0 Å². The Morgan fingerprint density at radius 2 is 2.38 bits per heavy atom. The molecule has 1 aliphatic heterocycles. The van der Waals surface area contributed by atoms with Crippen LogP contribution in [0.1, 0.15) is 12.0 Å². The molecule has 1 saturated heterocycles. The zero-order valence-corrected chi connectivity index (χ0v) is 11.4. The van der Waals surface area contributed by atoms with Crippen LogP contribution in [0, 0.1) is 0 Å². The Bertz CT molecular complexity index is 367. The predicted molar refractivity (Wildman–Crippen MR) is 71.5 cm³/mol. The maximum atomic E-state index is 6.12. The molecule has 16 heavy (non-hydrogen) atoms. The average Bonchev–Trinajstić information content (AvgIpc) is 2.75. The van der Waals surface area contributed by atoms with Crippen molar-refractivity contribution in [2.24, 2.45) is 0 Å². The molecule has 2 nitrogen and oxygen atoms in total. The zero-order chi connectivity index (χ0) is 11.5. The average molecular weight is 277 g/mol. The summed E-state index contributed by atoms with van der Waals surface area (Å²) in [5.74, 6) is 2.48. The molecule has 0 saturated carbocycles. The molecule has 0 radical (unpaired) electrons. The van der Waals surface area contributed by atoms with Crippen LogP contribution in [-0.2, 0) is 6.54 Å². The Morgan fingerprint density at radius 3 is 3.00 bits per heavy atom. The number of pyridine rings is 1. The van der Waals surface area contributed by atoms with Gasteiger partial charge in [-0.15, -0.1) is 0 Å². The molecule has 1 fully saturated rings. The lowest BCUT2D eigenvalue weighted by Gasteiger charge is -2.23. The molecule has 5 heteroatoms. The molecule has 0 bridgehead atoms. The highest BCUT2D eigenvalue weighted by Crippen LogP contribution is 2.25. The van der Waals surface area contributed by atoms with Crippen LogP contribution >= 0.6 is 35.0 Å². The lowest BCUT2D eigenvalue weighted by atomic mass is 10.2. The predicted octanol–water partition coefficient (Wildman–Crippen LogP) is 3.33. The highest BCUT2D eigenvalue weighted by atomic mass is 35.5. The Morgan fingerprint density at radius 1 is 1.56 bits per heavy atom. The number of aromatic nitrogens is 1. The summed E-state index contributed by atoms with van der Waals surface area (Å²) in [4.78, 5) is 6.41. The fourth-order valence-electron chi connectivity index (χ4n) is 1.82. The van der Waals surface area contributed by atoms with E-state index in [4.69, 9.17) is 23.2 Å². The van der Waals surface area contributed by atoms with E-state index in [9.17, 15) is 0 Å². The zero-order valence-electron chi connectivity index (χ0n) is 9.12. The third-order valence-electron chi connectivity index (χ3n) is 2.85. The SMILES string of the molecule is CN(Cc1cnc(Cl)cc1Cl)C1CCSC1. The van der Waals surface area contributed by atoms with Gasteiger partial charge in [-0.1, -0.05) is 23.2 Å². The first-order chi connectivity index (χ1) is 7.66. The van der Waals surface area contributed by atoms with Crippen molar-refractivity contribution in [3.63, 3.8) is 0 Å². The van der Waals surface area contributed by atoms with Crippen molar-refractivity contribution in [1.82, 2.24) is 9.88 Å². The molecule has 0 aromatic carbocycles. The van der Waals surface area contributed by atoms with E-state index in [1.807, 2.05) is 11.8 Å². The summed E-state index contributed by atoms with van der Waals surface area (Å²) in [5.41, 5.74) is 1.05. The van der Waals surface area contributed by atoms with Crippen molar-refractivity contribution in [3.05, 3.63) is 28.0 Å². The van der Waals surface area contributed by atoms with Gasteiger partial charge < -0.3 is 0 Å². The van der Waals surface area contributed by atoms with E-state index in [0.29, 0.717) is 16.2 Å². The van der Waals surface area contributed by atoms with Crippen LogP contribution in [0.25, 0.3) is 0 Å². The second-order valence-corrected chi connectivity index (χ2v) is 5.98. The molecule has 1 unspecified atom stereocenters. The van der Waals surface area contributed by atoms with Crippen LogP contribution in [0.2, 0.25) is 10.2 Å². The van der Waals surface area contributed by atoms with Gasteiger partial charge in [0.15, 0.2) is 0 Å². The largest absolute Gasteiger partial charge is 0.298 e. The highest BCUT2D eigenvalue weighted by Gasteiger charge is 2.20. The highest BCUT2D eigenvalue weighted by molar-refractivity contribution is 7.99. The molecule has 2 heterocycles. The first-order valence-corrected chi connectivity index (χ1v) is 7.16. The number of halogens is 2. The molecule has 1 aliphatic rings. The van der Waals surface area contributed by atoms with Crippen molar-refractivity contribution in [3.8, 4) is 0 Å². The van der Waals surface area contributed by atoms with Gasteiger partial charge in [0.25, 0.3) is 0 Å². The maximum Gasteiger partial charge on any atom is 0.130 e. The van der Waals surface area contributed by atoms with Crippen LogP contribution in [0.4, 0.5) is 0 Å². The van der Waals surface area contributed by atoms with Crippen LogP contribution < -0.4 is 0 Å². The van der Waals surface area contributed by atoms with Crippen molar-refractivity contribution < 1.29 is 0 Å². The number of hydrogen-bond donors (Lipinski definition) is 0. The maximum absolute atomic E-state index is 6.12. The molecule has 0 aliphatic carbocycles. The molecule has 2 rings (SSSR count). The third kappa shape index (κ3) is 3.04. The van der Waals surface area contributed by atoms with E-state index in [0.717, 1.165) is 12.1 Å². The Hall–Kier alpha value is 0.0400. The second kappa shape index (κ2) is 5.58. The lowest BCUT2D eigenvalue weighted by Crippen LogP contribution is -2.31. The van der Waals surface area contributed by atoms with Crippen molar-refractivity contribution in [2.75, 3.05) is 18.6 Å². The number of rotatable bonds is 3. The lowest BCUT2D eigenvalue weighted by molar-refractivity contribution is 0.254. The van der Waals surface area contributed by atoms with Crippen molar-refractivity contribution in [1.29, 1.82) is 0 Å². The van der Waals surface area contributed by atoms with E-state index in [1.165, 1.54) is 17.9 Å². The van der Waals surface area contributed by atoms with Gasteiger partial charge in [-0.2, -0.15) is 11.8 Å². The minimum atomic E-state index is 0.452. The summed E-state index contributed by atoms with van der Waals surface area (Å²) in [7, 11) is 2.14. The topological polar surface area (TPSA) is 16.1 Å². The standard InChI is InChI=1S/C11H14Cl2N2S/c1-15(9-2-3-16-7-9)6-8-5-14-11(13)4-10(8)12/h4-5,9H,2-3,6-7H2,1H3. The van der Waals surface area contributed by atoms with Crippen LogP contribution in [0.3, 0.4) is 0 Å². The van der Waals surface area contributed by atoms with Crippen molar-refractivity contribution in [2.45, 2.75) is 19.0 Å². The fraction of sp³-hybridized carbons (Fsp3) is 0.545. The molecule has 1 atom stereocenters. The Labute approximate surface area is 110 Å². The van der Waals surface area contributed by atoms with E-state index >= 15 is 0 Å². The third-order valence-corrected chi connectivity index (χ3v) is 4.55.